The summed E-state index contributed by atoms with van der Waals surface area (Å²) in [5.74, 6) is -0.347. The third-order valence-corrected chi connectivity index (χ3v) is 24.4. The lowest BCUT2D eigenvalue weighted by Crippen LogP contribution is -2.42. The maximum absolute atomic E-state index is 13.2. The summed E-state index contributed by atoms with van der Waals surface area (Å²) in [6, 6.07) is 57.2. The fourth-order valence-electron chi connectivity index (χ4n) is 17.2. The number of hydrogen-bond donors (Lipinski definition) is 3. The van der Waals surface area contributed by atoms with E-state index in [1.165, 1.54) is 33.4 Å². The van der Waals surface area contributed by atoms with Gasteiger partial charge in [0.25, 0.3) is 17.7 Å². The van der Waals surface area contributed by atoms with Crippen LogP contribution in [0.25, 0.3) is 0 Å². The lowest BCUT2D eigenvalue weighted by atomic mass is 9.89. The number of methoxy groups -OCH3 is 4. The summed E-state index contributed by atoms with van der Waals surface area (Å²) in [5, 5.41) is 10.2. The number of carbonyl (C=O) groups excluding carboxylic acids is 8. The number of ketones is 3. The largest absolute Gasteiger partial charge is 0.497 e. The van der Waals surface area contributed by atoms with E-state index < -0.39 is 23.7 Å². The van der Waals surface area contributed by atoms with Gasteiger partial charge in [0.2, 0.25) is 11.8 Å². The Hall–Kier alpha value is -11.4. The molecule has 3 saturated heterocycles. The zero-order valence-corrected chi connectivity index (χ0v) is 69.9. The molecule has 0 radical (unpaired) electrons. The van der Waals surface area contributed by atoms with E-state index in [-0.39, 0.29) is 99.5 Å². The van der Waals surface area contributed by atoms with Crippen molar-refractivity contribution in [2.75, 3.05) is 120 Å². The second kappa shape index (κ2) is 46.2. The van der Waals surface area contributed by atoms with E-state index in [0.29, 0.717) is 187 Å². The molecule has 5 N–H and O–H groups in total. The van der Waals surface area contributed by atoms with E-state index in [0.717, 1.165) is 56.1 Å². The van der Waals surface area contributed by atoms with Gasteiger partial charge in [-0.3, -0.25) is 53.0 Å². The standard InChI is InChI=1S/C35H41N3O6.C35H40N2O7.C27H32N2O4.2CH4/c1-42-31-13-11-28(33(21-31)43-2)22-38(30-19-26-5-3-4-6-27(26)20-30)23-29(34(36)40)12-14-32(39)24-7-9-25(10-8-24)35(41)37-15-17-44-18-16-37;1-42-31-13-11-28(33(21-31)43-2)22-37(30-19-26-5-3-4-6-27(26)20-30)23-29(35(40)41)12-14-32(38)24-7-9-25(10-8-24)34(39)36-15-17-44-18-16-36;28-26(31)21(6-5-19-17-23-3-1-2-4-24(23)18-19)11-12-25(30)20-7-9-22(10-8-20)27(32)29-13-15-33-16-14-29;;/h3-11,13,21,29-30H,12,14-20,22-23H2,1-2H3,(H2,36,40);3-11,13,21,29-30H,12,14-20,22-23H2,1-2H3,(H,40,41);1-4,7-10,19,21H,5-6,11-18H2,(H2,28,31);2*1H4. The average molecular weight is 1680 g/mol. The molecule has 3 heterocycles. The minimum Gasteiger partial charge on any atom is -0.497 e. The molecule has 654 valence electrons. The molecule has 0 spiro atoms. The Morgan fingerprint density at radius 1 is 0.382 bits per heavy atom. The van der Waals surface area contributed by atoms with Crippen molar-refractivity contribution >= 4 is 52.9 Å². The molecule has 0 bridgehead atoms. The van der Waals surface area contributed by atoms with Crippen LogP contribution < -0.4 is 30.4 Å². The van der Waals surface area contributed by atoms with Crippen LogP contribution in [-0.2, 0) is 80.2 Å². The van der Waals surface area contributed by atoms with E-state index in [2.05, 4.69) is 70.5 Å². The Kier molecular flexibility index (Phi) is 35.2. The van der Waals surface area contributed by atoms with Crippen molar-refractivity contribution in [2.24, 2.45) is 35.1 Å². The van der Waals surface area contributed by atoms with Crippen LogP contribution in [0.2, 0.25) is 0 Å². The fourth-order valence-corrected chi connectivity index (χ4v) is 17.2. The van der Waals surface area contributed by atoms with Crippen molar-refractivity contribution < 1.29 is 81.4 Å². The molecule has 3 aliphatic heterocycles. The van der Waals surface area contributed by atoms with Gasteiger partial charge in [-0.25, -0.2) is 0 Å². The van der Waals surface area contributed by atoms with Gasteiger partial charge in [-0.15, -0.1) is 0 Å². The van der Waals surface area contributed by atoms with Gasteiger partial charge in [0.15, 0.2) is 17.3 Å². The number of fused-ring (bicyclic) bond motifs is 3. The number of carboxylic acids is 1. The second-order valence-corrected chi connectivity index (χ2v) is 32.1. The topological polar surface area (TPSA) is 307 Å². The quantitative estimate of drug-likeness (QED) is 0.0311. The molecule has 0 saturated carbocycles. The van der Waals surface area contributed by atoms with Crippen LogP contribution in [0.4, 0.5) is 0 Å². The number of rotatable bonds is 35. The highest BCUT2D eigenvalue weighted by molar-refractivity contribution is 6.01. The van der Waals surface area contributed by atoms with Crippen molar-refractivity contribution in [1.82, 2.24) is 24.5 Å². The number of amides is 5. The Morgan fingerprint density at radius 2 is 0.675 bits per heavy atom. The third-order valence-electron chi connectivity index (χ3n) is 24.4. The van der Waals surface area contributed by atoms with Gasteiger partial charge in [-0.05, 0) is 158 Å². The fraction of sp³-hybridized carbons (Fsp3) is 0.424. The minimum atomic E-state index is -0.925. The molecule has 3 fully saturated rings. The molecule has 14 rings (SSSR count). The van der Waals surface area contributed by atoms with Crippen molar-refractivity contribution in [3.63, 3.8) is 0 Å². The Balaban J connectivity index is 0.000000194. The Morgan fingerprint density at radius 3 is 0.976 bits per heavy atom. The number of carbonyl (C=O) groups is 9. The normalized spacial score (nSPS) is 15.7. The first-order chi connectivity index (χ1) is 58.7. The highest BCUT2D eigenvalue weighted by Crippen LogP contribution is 2.36. The van der Waals surface area contributed by atoms with E-state index >= 15 is 0 Å². The lowest BCUT2D eigenvalue weighted by Gasteiger charge is -2.32. The number of hydrogen-bond acceptors (Lipinski definition) is 18. The average Bonchev–Trinajstić information content (AvgIpc) is 1.70. The molecule has 3 aliphatic carbocycles. The van der Waals surface area contributed by atoms with Gasteiger partial charge in [-0.2, -0.15) is 0 Å². The molecule has 8 aromatic rings. The zero-order valence-electron chi connectivity index (χ0n) is 69.9. The van der Waals surface area contributed by atoms with Crippen molar-refractivity contribution in [1.29, 1.82) is 0 Å². The number of primary amides is 2. The predicted octanol–water partition coefficient (Wildman–Crippen LogP) is 13.1. The van der Waals surface area contributed by atoms with Crippen molar-refractivity contribution in [2.45, 2.75) is 130 Å². The maximum atomic E-state index is 13.2. The maximum Gasteiger partial charge on any atom is 0.307 e. The number of Topliss-reactive ketones (excluding diaryl/α,β-unsaturated/α-hetero) is 3. The summed E-state index contributed by atoms with van der Waals surface area (Å²) in [5.41, 5.74) is 24.7. The number of benzene rings is 8. The van der Waals surface area contributed by atoms with Crippen LogP contribution in [-0.4, -0.2) is 215 Å². The van der Waals surface area contributed by atoms with Gasteiger partial charge in [-0.1, -0.05) is 136 Å². The van der Waals surface area contributed by atoms with Crippen LogP contribution in [0.15, 0.2) is 182 Å². The molecule has 8 aromatic carbocycles. The lowest BCUT2D eigenvalue weighted by molar-refractivity contribution is -0.143. The van der Waals surface area contributed by atoms with Gasteiger partial charge < -0.3 is 64.4 Å². The monoisotopic (exact) mass is 1680 g/mol. The van der Waals surface area contributed by atoms with E-state index in [1.54, 1.807) is 116 Å². The highest BCUT2D eigenvalue weighted by Gasteiger charge is 2.35. The highest BCUT2D eigenvalue weighted by atomic mass is 16.5. The van der Waals surface area contributed by atoms with Crippen molar-refractivity contribution in [3.8, 4) is 23.0 Å². The molecule has 123 heavy (non-hydrogen) atoms. The molecular formula is C99H121N7O17. The van der Waals surface area contributed by atoms with Crippen LogP contribution in [0, 0.1) is 23.7 Å². The van der Waals surface area contributed by atoms with Crippen molar-refractivity contribution in [3.05, 3.63) is 260 Å². The summed E-state index contributed by atoms with van der Waals surface area (Å²) < 4.78 is 38.0. The molecular weight excluding hydrogens is 1560 g/mol. The van der Waals surface area contributed by atoms with E-state index in [9.17, 15) is 48.3 Å². The number of ether oxygens (including phenoxy) is 7. The number of nitrogens with two attached hydrogens (primary N) is 2. The SMILES string of the molecule is C.C.COc1ccc(CN(CC(CCC(=O)c2ccc(C(=O)N3CCOCC3)cc2)C(=O)O)C2Cc3ccccc3C2)c(OC)c1.COc1ccc(CN(CC(CCC(=O)c2ccc(C(=O)N3CCOCC3)cc2)C(N)=O)C2Cc3ccccc3C2)c(OC)c1.NC(=O)C(CCC(=O)c1ccc(C(=O)N2CCOCC2)cc1)CCC1Cc2ccccc2C1. The summed E-state index contributed by atoms with van der Waals surface area (Å²) >= 11 is 0. The smallest absolute Gasteiger partial charge is 0.307 e. The van der Waals surface area contributed by atoms with E-state index in [1.807, 2.05) is 48.5 Å². The summed E-state index contributed by atoms with van der Waals surface area (Å²) in [7, 11) is 6.48. The summed E-state index contributed by atoms with van der Waals surface area (Å²) in [4.78, 5) is 124. The molecule has 24 nitrogen and oxygen atoms in total. The molecule has 3 atom stereocenters. The Labute approximate surface area is 723 Å². The van der Waals surface area contributed by atoms with Crippen LogP contribution in [0.1, 0.15) is 173 Å². The van der Waals surface area contributed by atoms with Gasteiger partial charge >= 0.3 is 5.97 Å². The van der Waals surface area contributed by atoms with Crippen LogP contribution in [0.3, 0.4) is 0 Å². The summed E-state index contributed by atoms with van der Waals surface area (Å²) in [6.07, 6.45) is 8.70. The second-order valence-electron chi connectivity index (χ2n) is 32.1. The molecule has 3 unspecified atom stereocenters. The molecule has 0 aromatic heterocycles. The first-order valence-electron chi connectivity index (χ1n) is 42.2. The predicted molar refractivity (Wildman–Crippen MR) is 472 cm³/mol. The Bertz CT molecular complexity index is 4590. The number of carboxylic acid groups (broad SMARTS) is 1. The van der Waals surface area contributed by atoms with Gasteiger partial charge in [0, 0.05) is 159 Å². The van der Waals surface area contributed by atoms with Gasteiger partial charge in [0.1, 0.15) is 23.0 Å². The third kappa shape index (κ3) is 25.6. The minimum absolute atomic E-state index is 0. The first kappa shape index (κ1) is 93.9. The number of morpholine rings is 3. The number of nitrogens with zero attached hydrogens (tertiary/aromatic N) is 5. The van der Waals surface area contributed by atoms with Gasteiger partial charge in [0.05, 0.1) is 79.9 Å². The zero-order chi connectivity index (χ0) is 85.3. The molecule has 5 amide bonds. The molecule has 6 aliphatic rings. The molecule has 24 heteroatoms. The number of aliphatic carboxylic acids is 1. The van der Waals surface area contributed by atoms with E-state index in [4.69, 9.17) is 44.6 Å². The van der Waals surface area contributed by atoms with Crippen LogP contribution in [0.5, 0.6) is 23.0 Å². The van der Waals surface area contributed by atoms with Crippen LogP contribution >= 0.6 is 0 Å². The first-order valence-corrected chi connectivity index (χ1v) is 42.2. The summed E-state index contributed by atoms with van der Waals surface area (Å²) in [6.45, 7) is 8.36.